The molecule has 1 atom stereocenters. The lowest BCUT2D eigenvalue weighted by Crippen LogP contribution is -2.37. The number of aromatic amines is 2. The van der Waals surface area contributed by atoms with Crippen molar-refractivity contribution < 1.29 is 13.6 Å². The molecule has 2 N–H and O–H groups in total. The second-order valence-corrected chi connectivity index (χ2v) is 8.18. The fraction of sp³-hybridized carbons (Fsp3) is 0.250. The summed E-state index contributed by atoms with van der Waals surface area (Å²) in [4.78, 5) is 33.1. The van der Waals surface area contributed by atoms with E-state index in [4.69, 9.17) is 0 Å². The number of nitrogens with zero attached hydrogens (tertiary/aromatic N) is 1. The van der Waals surface area contributed by atoms with Gasteiger partial charge in [-0.3, -0.25) is 9.59 Å². The van der Waals surface area contributed by atoms with Crippen LogP contribution in [-0.2, 0) is 0 Å². The molecule has 4 rings (SSSR count). The van der Waals surface area contributed by atoms with Crippen molar-refractivity contribution >= 4 is 27.6 Å². The summed E-state index contributed by atoms with van der Waals surface area (Å²) in [6.07, 6.45) is 1.47. The van der Waals surface area contributed by atoms with Crippen LogP contribution in [-0.4, -0.2) is 27.3 Å². The van der Waals surface area contributed by atoms with Gasteiger partial charge >= 0.3 is 0 Å². The molecule has 31 heavy (non-hydrogen) atoms. The normalized spacial score (nSPS) is 12.6. The number of amides is 1. The first-order valence-electron chi connectivity index (χ1n) is 10.1. The Balaban J connectivity index is 1.81. The van der Waals surface area contributed by atoms with E-state index >= 15 is 0 Å². The van der Waals surface area contributed by atoms with Crippen LogP contribution in [0.15, 0.2) is 53.5 Å². The number of aromatic nitrogens is 2. The van der Waals surface area contributed by atoms with Gasteiger partial charge in [-0.2, -0.15) is 0 Å². The predicted molar refractivity (Wildman–Crippen MR) is 117 cm³/mol. The fourth-order valence-corrected chi connectivity index (χ4v) is 3.94. The van der Waals surface area contributed by atoms with Crippen molar-refractivity contribution in [2.45, 2.75) is 26.8 Å². The molecule has 1 unspecified atom stereocenters. The fourth-order valence-electron chi connectivity index (χ4n) is 3.94. The predicted octanol–water partition coefficient (Wildman–Crippen LogP) is 5.15. The number of nitrogens with one attached hydrogen (secondary N) is 2. The van der Waals surface area contributed by atoms with E-state index in [1.54, 1.807) is 11.0 Å². The second-order valence-electron chi connectivity index (χ2n) is 8.18. The number of hydrogen-bond donors (Lipinski definition) is 2. The average Bonchev–Trinajstić information content (AvgIpc) is 3.17. The average molecular weight is 423 g/mol. The van der Waals surface area contributed by atoms with E-state index in [-0.39, 0.29) is 22.6 Å². The number of para-hydroxylation sites is 1. The molecule has 0 radical (unpaired) electrons. The van der Waals surface area contributed by atoms with Gasteiger partial charge in [-0.1, -0.05) is 32.0 Å². The lowest BCUT2D eigenvalue weighted by atomic mass is 9.99. The highest BCUT2D eigenvalue weighted by atomic mass is 19.2. The monoisotopic (exact) mass is 423 g/mol. The van der Waals surface area contributed by atoms with Crippen molar-refractivity contribution in [3.05, 3.63) is 81.9 Å². The van der Waals surface area contributed by atoms with E-state index in [1.807, 2.05) is 45.0 Å². The molecule has 160 valence electrons. The summed E-state index contributed by atoms with van der Waals surface area (Å²) in [6.45, 7) is 6.26. The lowest BCUT2D eigenvalue weighted by molar-refractivity contribution is 0.0661. The van der Waals surface area contributed by atoms with Crippen LogP contribution in [0.1, 0.15) is 42.9 Å². The third kappa shape index (κ3) is 3.83. The zero-order valence-electron chi connectivity index (χ0n) is 17.5. The summed E-state index contributed by atoms with van der Waals surface area (Å²) in [6, 6.07) is 10.8. The molecule has 0 spiro atoms. The largest absolute Gasteiger partial charge is 0.351 e. The van der Waals surface area contributed by atoms with Gasteiger partial charge in [0.2, 0.25) is 0 Å². The third-order valence-corrected chi connectivity index (χ3v) is 5.48. The van der Waals surface area contributed by atoms with Crippen LogP contribution in [0.4, 0.5) is 8.78 Å². The van der Waals surface area contributed by atoms with Gasteiger partial charge in [0, 0.05) is 23.6 Å². The molecule has 4 aromatic rings. The standard InChI is InChI=1S/C24H23F2N3O2/c1-13(2)12-29(24(31)22-8-15-6-4-5-7-21(15)28-22)14(3)18-11-27-23(30)17-10-20(26)19(25)9-16(17)18/h4-11,13-14,28H,12H2,1-3H3,(H,27,30). The number of rotatable bonds is 5. The van der Waals surface area contributed by atoms with E-state index in [0.717, 1.165) is 23.0 Å². The van der Waals surface area contributed by atoms with Crippen molar-refractivity contribution in [3.8, 4) is 0 Å². The van der Waals surface area contributed by atoms with Crippen LogP contribution >= 0.6 is 0 Å². The maximum absolute atomic E-state index is 14.0. The van der Waals surface area contributed by atoms with Gasteiger partial charge in [0.1, 0.15) is 5.69 Å². The topological polar surface area (TPSA) is 69.0 Å². The Morgan fingerprint density at radius 2 is 1.71 bits per heavy atom. The number of pyridine rings is 1. The van der Waals surface area contributed by atoms with E-state index in [1.165, 1.54) is 6.20 Å². The quantitative estimate of drug-likeness (QED) is 0.466. The molecule has 0 aliphatic heterocycles. The Morgan fingerprint density at radius 3 is 2.39 bits per heavy atom. The van der Waals surface area contributed by atoms with Crippen LogP contribution in [0.5, 0.6) is 0 Å². The summed E-state index contributed by atoms with van der Waals surface area (Å²) in [5.41, 5.74) is 1.33. The highest BCUT2D eigenvalue weighted by Crippen LogP contribution is 2.30. The number of carbonyl (C=O) groups is 1. The molecule has 0 aliphatic rings. The Kier molecular flexibility index (Phi) is 5.35. The van der Waals surface area contributed by atoms with Crippen molar-refractivity contribution in [1.82, 2.24) is 14.9 Å². The SMILES string of the molecule is CC(C)CN(C(=O)c1cc2ccccc2[nH]1)C(C)c1c[nH]c(=O)c2cc(F)c(F)cc12. The van der Waals surface area contributed by atoms with Gasteiger partial charge in [-0.05, 0) is 48.1 Å². The van der Waals surface area contributed by atoms with Crippen molar-refractivity contribution in [2.24, 2.45) is 5.92 Å². The first-order valence-corrected chi connectivity index (χ1v) is 10.1. The van der Waals surface area contributed by atoms with Crippen molar-refractivity contribution in [1.29, 1.82) is 0 Å². The van der Waals surface area contributed by atoms with Crippen LogP contribution in [0, 0.1) is 17.6 Å². The number of carbonyl (C=O) groups excluding carboxylic acids is 1. The summed E-state index contributed by atoms with van der Waals surface area (Å²) in [5, 5.41) is 1.26. The van der Waals surface area contributed by atoms with E-state index in [0.29, 0.717) is 17.8 Å². The van der Waals surface area contributed by atoms with Gasteiger partial charge in [0.15, 0.2) is 11.6 Å². The van der Waals surface area contributed by atoms with Gasteiger partial charge < -0.3 is 14.9 Å². The molecule has 7 heteroatoms. The molecule has 2 aromatic carbocycles. The zero-order chi connectivity index (χ0) is 22.3. The summed E-state index contributed by atoms with van der Waals surface area (Å²) < 4.78 is 27.8. The molecule has 0 fully saturated rings. The number of benzene rings is 2. The number of fused-ring (bicyclic) bond motifs is 2. The van der Waals surface area contributed by atoms with Crippen molar-refractivity contribution in [2.75, 3.05) is 6.54 Å². The number of hydrogen-bond acceptors (Lipinski definition) is 2. The molecule has 1 amide bonds. The van der Waals surface area contributed by atoms with Gasteiger partial charge in [0.25, 0.3) is 11.5 Å². The van der Waals surface area contributed by atoms with Gasteiger partial charge in [-0.25, -0.2) is 8.78 Å². The molecule has 0 saturated heterocycles. The molecular formula is C24H23F2N3O2. The minimum atomic E-state index is -1.09. The Hall–Kier alpha value is -3.48. The van der Waals surface area contributed by atoms with Crippen molar-refractivity contribution in [3.63, 3.8) is 0 Å². The number of H-pyrrole nitrogens is 2. The van der Waals surface area contributed by atoms with Crippen LogP contribution < -0.4 is 5.56 Å². The highest BCUT2D eigenvalue weighted by molar-refractivity contribution is 5.98. The molecule has 2 aromatic heterocycles. The van der Waals surface area contributed by atoms with E-state index < -0.39 is 23.2 Å². The molecule has 0 saturated carbocycles. The second kappa shape index (κ2) is 7.98. The van der Waals surface area contributed by atoms with Gasteiger partial charge in [-0.15, -0.1) is 0 Å². The molecular weight excluding hydrogens is 400 g/mol. The van der Waals surface area contributed by atoms with Crippen LogP contribution in [0.25, 0.3) is 21.7 Å². The molecule has 5 nitrogen and oxygen atoms in total. The number of halogens is 2. The molecule has 2 heterocycles. The Labute approximate surface area is 177 Å². The minimum absolute atomic E-state index is 0.0470. The maximum atomic E-state index is 14.0. The Morgan fingerprint density at radius 1 is 1.03 bits per heavy atom. The van der Waals surface area contributed by atoms with E-state index in [2.05, 4.69) is 9.97 Å². The third-order valence-electron chi connectivity index (χ3n) is 5.48. The van der Waals surface area contributed by atoms with Crippen LogP contribution in [0.2, 0.25) is 0 Å². The Bertz CT molecular complexity index is 1310. The summed E-state index contributed by atoms with van der Waals surface area (Å²) in [7, 11) is 0. The molecule has 0 aliphatic carbocycles. The summed E-state index contributed by atoms with van der Waals surface area (Å²) >= 11 is 0. The van der Waals surface area contributed by atoms with Gasteiger partial charge in [0.05, 0.1) is 11.4 Å². The molecule has 0 bridgehead atoms. The lowest BCUT2D eigenvalue weighted by Gasteiger charge is -2.31. The maximum Gasteiger partial charge on any atom is 0.270 e. The first-order chi connectivity index (χ1) is 14.8. The van der Waals surface area contributed by atoms with E-state index in [9.17, 15) is 18.4 Å². The highest BCUT2D eigenvalue weighted by Gasteiger charge is 2.27. The van der Waals surface area contributed by atoms with Crippen LogP contribution in [0.3, 0.4) is 0 Å². The first kappa shape index (κ1) is 20.8. The minimum Gasteiger partial charge on any atom is -0.351 e. The smallest absolute Gasteiger partial charge is 0.270 e. The summed E-state index contributed by atoms with van der Waals surface area (Å²) in [5.74, 6) is -2.17. The zero-order valence-corrected chi connectivity index (χ0v) is 17.5.